The molecule has 0 aromatic carbocycles. The van der Waals surface area contributed by atoms with Crippen molar-refractivity contribution in [2.75, 3.05) is 19.7 Å². The number of aliphatic carboxylic acids is 1. The van der Waals surface area contributed by atoms with Gasteiger partial charge in [0.2, 0.25) is 0 Å². The molecule has 0 aromatic rings. The second-order valence-electron chi connectivity index (χ2n) is 5.25. The Kier molecular flexibility index (Phi) is 4.22. The zero-order chi connectivity index (χ0) is 13.1. The normalized spacial score (nSPS) is 29.6. The highest BCUT2D eigenvalue weighted by molar-refractivity contribution is 5.72. The van der Waals surface area contributed by atoms with Gasteiger partial charge in [0.25, 0.3) is 0 Å². The number of hydrogen-bond donors (Lipinski definition) is 1. The molecule has 1 aliphatic heterocycles. The second-order valence-corrected chi connectivity index (χ2v) is 5.25. The summed E-state index contributed by atoms with van der Waals surface area (Å²) < 4.78 is 5.04. The Labute approximate surface area is 107 Å². The predicted molar refractivity (Wildman–Crippen MR) is 65.1 cm³/mol. The van der Waals surface area contributed by atoms with Gasteiger partial charge in [0, 0.05) is 19.1 Å². The van der Waals surface area contributed by atoms with E-state index in [0.29, 0.717) is 25.7 Å². The van der Waals surface area contributed by atoms with E-state index in [1.807, 2.05) is 6.92 Å². The first-order valence-electron chi connectivity index (χ1n) is 6.75. The van der Waals surface area contributed by atoms with Gasteiger partial charge in [-0.3, -0.25) is 14.5 Å². The van der Waals surface area contributed by atoms with E-state index in [-0.39, 0.29) is 17.8 Å². The molecule has 1 saturated carbocycles. The first kappa shape index (κ1) is 13.3. The summed E-state index contributed by atoms with van der Waals surface area (Å²) >= 11 is 0. The number of nitrogens with zero attached hydrogens (tertiary/aromatic N) is 1. The van der Waals surface area contributed by atoms with Crippen LogP contribution < -0.4 is 0 Å². The average molecular weight is 255 g/mol. The number of esters is 1. The van der Waals surface area contributed by atoms with Crippen molar-refractivity contribution in [1.82, 2.24) is 4.90 Å². The van der Waals surface area contributed by atoms with Crippen molar-refractivity contribution >= 4 is 11.9 Å². The van der Waals surface area contributed by atoms with Crippen molar-refractivity contribution in [2.24, 2.45) is 11.8 Å². The molecule has 5 nitrogen and oxygen atoms in total. The lowest BCUT2D eigenvalue weighted by Crippen LogP contribution is -2.55. The lowest BCUT2D eigenvalue weighted by atomic mass is 9.83. The third-order valence-corrected chi connectivity index (χ3v) is 4.09. The van der Waals surface area contributed by atoms with Crippen LogP contribution in [0.4, 0.5) is 0 Å². The molecule has 2 rings (SSSR count). The molecule has 5 heteroatoms. The summed E-state index contributed by atoms with van der Waals surface area (Å²) in [7, 11) is 0. The van der Waals surface area contributed by atoms with Gasteiger partial charge in [0.15, 0.2) is 0 Å². The van der Waals surface area contributed by atoms with Crippen LogP contribution >= 0.6 is 0 Å². The van der Waals surface area contributed by atoms with E-state index in [2.05, 4.69) is 4.90 Å². The molecule has 1 heterocycles. The van der Waals surface area contributed by atoms with Crippen LogP contribution in [-0.4, -0.2) is 47.7 Å². The van der Waals surface area contributed by atoms with Crippen molar-refractivity contribution in [2.45, 2.75) is 38.6 Å². The molecule has 1 N–H and O–H groups in total. The fraction of sp³-hybridized carbons (Fsp3) is 0.846. The number of ether oxygens (including phenoxy) is 1. The third kappa shape index (κ3) is 2.83. The minimum Gasteiger partial charge on any atom is -0.481 e. The fourth-order valence-corrected chi connectivity index (χ4v) is 2.90. The summed E-state index contributed by atoms with van der Waals surface area (Å²) in [5.41, 5.74) is 0. The lowest BCUT2D eigenvalue weighted by molar-refractivity contribution is -0.151. The van der Waals surface area contributed by atoms with Crippen LogP contribution in [0.25, 0.3) is 0 Å². The summed E-state index contributed by atoms with van der Waals surface area (Å²) in [6.45, 7) is 3.62. The van der Waals surface area contributed by atoms with Crippen LogP contribution in [0.1, 0.15) is 32.6 Å². The van der Waals surface area contributed by atoms with E-state index in [1.54, 1.807) is 0 Å². The van der Waals surface area contributed by atoms with Crippen molar-refractivity contribution < 1.29 is 19.4 Å². The van der Waals surface area contributed by atoms with E-state index >= 15 is 0 Å². The van der Waals surface area contributed by atoms with Gasteiger partial charge in [0.05, 0.1) is 18.4 Å². The summed E-state index contributed by atoms with van der Waals surface area (Å²) in [4.78, 5) is 24.6. The van der Waals surface area contributed by atoms with E-state index in [4.69, 9.17) is 9.84 Å². The molecule has 0 aromatic heterocycles. The highest BCUT2D eigenvalue weighted by atomic mass is 16.5. The maximum absolute atomic E-state index is 11.6. The highest BCUT2D eigenvalue weighted by Crippen LogP contribution is 2.32. The van der Waals surface area contributed by atoms with Crippen LogP contribution in [0.15, 0.2) is 0 Å². The first-order chi connectivity index (χ1) is 8.61. The Hall–Kier alpha value is -1.10. The molecule has 0 radical (unpaired) electrons. The van der Waals surface area contributed by atoms with Gasteiger partial charge in [-0.05, 0) is 32.6 Å². The second kappa shape index (κ2) is 5.69. The molecule has 0 atom stereocenters. The Morgan fingerprint density at radius 3 is 2.28 bits per heavy atom. The Balaban J connectivity index is 1.71. The van der Waals surface area contributed by atoms with Gasteiger partial charge in [0.1, 0.15) is 0 Å². The fourth-order valence-electron chi connectivity index (χ4n) is 2.90. The Bertz CT molecular complexity index is 317. The standard InChI is InChI=1S/C13H21NO4/c1-2-18-13(17)9-3-5-11(6-4-9)14-7-10(8-14)12(15)16/h9-11H,2-8H2,1H3,(H,15,16). The summed E-state index contributed by atoms with van der Waals surface area (Å²) in [6.07, 6.45) is 3.71. The van der Waals surface area contributed by atoms with Crippen LogP contribution in [0.5, 0.6) is 0 Å². The summed E-state index contributed by atoms with van der Waals surface area (Å²) in [5, 5.41) is 8.84. The number of carbonyl (C=O) groups is 2. The molecule has 1 aliphatic carbocycles. The Morgan fingerprint density at radius 2 is 1.78 bits per heavy atom. The van der Waals surface area contributed by atoms with Gasteiger partial charge in [-0.15, -0.1) is 0 Å². The molecule has 2 aliphatic rings. The lowest BCUT2D eigenvalue weighted by Gasteiger charge is -2.44. The van der Waals surface area contributed by atoms with Crippen molar-refractivity contribution in [3.63, 3.8) is 0 Å². The molecule has 0 unspecified atom stereocenters. The van der Waals surface area contributed by atoms with Crippen LogP contribution in [0.3, 0.4) is 0 Å². The molecule has 102 valence electrons. The van der Waals surface area contributed by atoms with Crippen molar-refractivity contribution in [3.05, 3.63) is 0 Å². The van der Waals surface area contributed by atoms with Gasteiger partial charge in [-0.1, -0.05) is 0 Å². The maximum Gasteiger partial charge on any atom is 0.309 e. The zero-order valence-electron chi connectivity index (χ0n) is 10.8. The van der Waals surface area contributed by atoms with Crippen LogP contribution in [0.2, 0.25) is 0 Å². The summed E-state index contributed by atoms with van der Waals surface area (Å²) in [6, 6.07) is 0.464. The van der Waals surface area contributed by atoms with E-state index < -0.39 is 5.97 Å². The third-order valence-electron chi connectivity index (χ3n) is 4.09. The minimum atomic E-state index is -0.688. The summed E-state index contributed by atoms with van der Waals surface area (Å²) in [5.74, 6) is -0.889. The van der Waals surface area contributed by atoms with Gasteiger partial charge in [-0.25, -0.2) is 0 Å². The predicted octanol–water partition coefficient (Wildman–Crippen LogP) is 1.12. The first-order valence-corrected chi connectivity index (χ1v) is 6.75. The number of carbonyl (C=O) groups excluding carboxylic acids is 1. The van der Waals surface area contributed by atoms with Crippen LogP contribution in [-0.2, 0) is 14.3 Å². The van der Waals surface area contributed by atoms with E-state index in [0.717, 1.165) is 25.7 Å². The molecule has 18 heavy (non-hydrogen) atoms. The number of carboxylic acid groups (broad SMARTS) is 1. The smallest absolute Gasteiger partial charge is 0.309 e. The number of hydrogen-bond acceptors (Lipinski definition) is 4. The highest BCUT2D eigenvalue weighted by Gasteiger charge is 2.38. The molecule has 0 amide bonds. The van der Waals surface area contributed by atoms with Crippen LogP contribution in [0, 0.1) is 11.8 Å². The quantitative estimate of drug-likeness (QED) is 0.763. The topological polar surface area (TPSA) is 66.8 Å². The number of likely N-dealkylation sites (tertiary alicyclic amines) is 1. The van der Waals surface area contributed by atoms with Gasteiger partial charge < -0.3 is 9.84 Å². The van der Waals surface area contributed by atoms with Crippen molar-refractivity contribution in [1.29, 1.82) is 0 Å². The molecule has 0 bridgehead atoms. The SMILES string of the molecule is CCOC(=O)C1CCC(N2CC(C(=O)O)C2)CC1. The maximum atomic E-state index is 11.6. The molecule has 2 fully saturated rings. The van der Waals surface area contributed by atoms with Gasteiger partial charge in [-0.2, -0.15) is 0 Å². The molecule has 1 saturated heterocycles. The average Bonchev–Trinajstić information content (AvgIpc) is 2.27. The molecular weight excluding hydrogens is 234 g/mol. The minimum absolute atomic E-state index is 0.0535. The zero-order valence-corrected chi connectivity index (χ0v) is 10.8. The number of rotatable bonds is 4. The monoisotopic (exact) mass is 255 g/mol. The van der Waals surface area contributed by atoms with E-state index in [9.17, 15) is 9.59 Å². The van der Waals surface area contributed by atoms with E-state index in [1.165, 1.54) is 0 Å². The number of carboxylic acids is 1. The molecule has 0 spiro atoms. The molecular formula is C13H21NO4. The van der Waals surface area contributed by atoms with Crippen molar-refractivity contribution in [3.8, 4) is 0 Å². The van der Waals surface area contributed by atoms with Gasteiger partial charge >= 0.3 is 11.9 Å². The Morgan fingerprint density at radius 1 is 1.17 bits per heavy atom. The largest absolute Gasteiger partial charge is 0.481 e.